The summed E-state index contributed by atoms with van der Waals surface area (Å²) < 4.78 is 6.34. The van der Waals surface area contributed by atoms with Gasteiger partial charge in [0.2, 0.25) is 0 Å². The van der Waals surface area contributed by atoms with Crippen LogP contribution in [-0.2, 0) is 12.2 Å². The molecule has 4 rings (SSSR count). The van der Waals surface area contributed by atoms with E-state index in [-0.39, 0.29) is 24.1 Å². The molecule has 1 aromatic heterocycles. The smallest absolute Gasteiger partial charge is 0.252 e. The van der Waals surface area contributed by atoms with E-state index in [0.717, 1.165) is 72.6 Å². The predicted molar refractivity (Wildman–Crippen MR) is 121 cm³/mol. The molecule has 6 heteroatoms. The molecule has 2 aliphatic rings. The molecule has 1 saturated heterocycles. The van der Waals surface area contributed by atoms with Crippen LogP contribution in [0.2, 0.25) is 0 Å². The lowest BCUT2D eigenvalue weighted by Gasteiger charge is -2.36. The number of piperidine rings is 1. The van der Waals surface area contributed by atoms with Crippen LogP contribution in [0.25, 0.3) is 10.9 Å². The first-order valence-corrected chi connectivity index (χ1v) is 11.2. The number of hydrogen-bond acceptors (Lipinski definition) is 4. The summed E-state index contributed by atoms with van der Waals surface area (Å²) in [5, 5.41) is 1.16. The van der Waals surface area contributed by atoms with Gasteiger partial charge >= 0.3 is 0 Å². The molecule has 28 heavy (non-hydrogen) atoms. The highest BCUT2D eigenvalue weighted by Gasteiger charge is 2.24. The van der Waals surface area contributed by atoms with Gasteiger partial charge in [0.25, 0.3) is 5.56 Å². The molecule has 2 aromatic rings. The fraction of sp³-hybridized carbons (Fsp3) is 0.591. The Morgan fingerprint density at radius 1 is 1.21 bits per heavy atom. The molecule has 1 N–H and O–H groups in total. The molecular weight excluding hydrogens is 392 g/mol. The van der Waals surface area contributed by atoms with E-state index < -0.39 is 0 Å². The van der Waals surface area contributed by atoms with Crippen LogP contribution in [0.4, 0.5) is 0 Å². The van der Waals surface area contributed by atoms with E-state index in [2.05, 4.69) is 36.7 Å². The third kappa shape index (κ3) is 4.87. The van der Waals surface area contributed by atoms with Crippen molar-refractivity contribution in [1.29, 1.82) is 0 Å². The van der Waals surface area contributed by atoms with Gasteiger partial charge in [-0.15, -0.1) is 12.4 Å². The van der Waals surface area contributed by atoms with E-state index in [1.54, 1.807) is 0 Å². The predicted octanol–water partition coefficient (Wildman–Crippen LogP) is 4.63. The van der Waals surface area contributed by atoms with Gasteiger partial charge in [0.05, 0.1) is 0 Å². The highest BCUT2D eigenvalue weighted by atomic mass is 35.5. The Labute approximate surface area is 177 Å². The van der Waals surface area contributed by atoms with Crippen LogP contribution in [0.3, 0.4) is 0 Å². The van der Waals surface area contributed by atoms with Crippen molar-refractivity contribution < 1.29 is 4.74 Å². The molecule has 2 aliphatic heterocycles. The molecule has 0 bridgehead atoms. The fourth-order valence-corrected chi connectivity index (χ4v) is 5.29. The number of fused-ring (bicyclic) bond motifs is 3. The summed E-state index contributed by atoms with van der Waals surface area (Å²) in [5.74, 6) is 2.84. The normalized spacial score (nSPS) is 18.5. The quantitative estimate of drug-likeness (QED) is 0.783. The number of aryl methyl sites for hydroxylation is 1. The first-order valence-electron chi connectivity index (χ1n) is 10.0. The van der Waals surface area contributed by atoms with Gasteiger partial charge in [0, 0.05) is 41.9 Å². The topological polar surface area (TPSA) is 45.3 Å². The van der Waals surface area contributed by atoms with Crippen molar-refractivity contribution in [2.75, 3.05) is 25.4 Å². The van der Waals surface area contributed by atoms with Crippen LogP contribution < -0.4 is 10.3 Å². The average Bonchev–Trinajstić information content (AvgIpc) is 2.63. The molecule has 0 radical (unpaired) electrons. The maximum Gasteiger partial charge on any atom is 0.252 e. The maximum absolute atomic E-state index is 12.3. The minimum atomic E-state index is 0. The zero-order valence-electron chi connectivity index (χ0n) is 17.0. The van der Waals surface area contributed by atoms with E-state index >= 15 is 0 Å². The number of halogens is 1. The fourth-order valence-electron chi connectivity index (χ4n) is 4.29. The molecule has 0 spiro atoms. The first-order chi connectivity index (χ1) is 12.9. The van der Waals surface area contributed by atoms with E-state index in [1.165, 1.54) is 5.56 Å². The van der Waals surface area contributed by atoms with Crippen LogP contribution in [-0.4, -0.2) is 41.4 Å². The Morgan fingerprint density at radius 3 is 2.68 bits per heavy atom. The number of aromatic nitrogens is 1. The number of rotatable bonds is 3. The highest BCUT2D eigenvalue weighted by Crippen LogP contribution is 2.31. The van der Waals surface area contributed by atoms with E-state index in [9.17, 15) is 4.79 Å². The van der Waals surface area contributed by atoms with Crippen molar-refractivity contribution in [2.45, 2.75) is 51.9 Å². The van der Waals surface area contributed by atoms with E-state index in [4.69, 9.17) is 4.74 Å². The number of likely N-dealkylation sites (tertiary alicyclic amines) is 1. The third-order valence-corrected chi connectivity index (χ3v) is 6.47. The standard InChI is InChI=1S/C22H30N2O2S.ClH/c1-22(2,3)14-24-9-6-15(7-10-24)26-16-4-5-20-18(12-16)17-8-11-27-13-19(17)21(25)23-20;/h4-5,12,15H,6-11,13-14H2,1-3H3,(H,23,25);1H. The van der Waals surface area contributed by atoms with Gasteiger partial charge in [-0.2, -0.15) is 11.8 Å². The molecule has 3 heterocycles. The van der Waals surface area contributed by atoms with Crippen molar-refractivity contribution >= 4 is 35.1 Å². The van der Waals surface area contributed by atoms with Gasteiger partial charge < -0.3 is 14.6 Å². The second-order valence-electron chi connectivity index (χ2n) is 9.08. The number of nitrogens with zero attached hydrogens (tertiary/aromatic N) is 1. The molecule has 0 saturated carbocycles. The van der Waals surface area contributed by atoms with Crippen molar-refractivity contribution in [3.63, 3.8) is 0 Å². The molecule has 4 nitrogen and oxygen atoms in total. The number of nitrogens with one attached hydrogen (secondary N) is 1. The summed E-state index contributed by atoms with van der Waals surface area (Å²) in [6.45, 7) is 10.3. The molecule has 0 aliphatic carbocycles. The average molecular weight is 423 g/mol. The molecular formula is C22H31ClN2O2S. The summed E-state index contributed by atoms with van der Waals surface area (Å²) in [6.07, 6.45) is 3.41. The van der Waals surface area contributed by atoms with Crippen molar-refractivity contribution in [1.82, 2.24) is 9.88 Å². The second kappa shape index (κ2) is 8.68. The summed E-state index contributed by atoms with van der Waals surface area (Å²) >= 11 is 1.84. The Kier molecular flexibility index (Phi) is 6.68. The van der Waals surface area contributed by atoms with Crippen LogP contribution in [0, 0.1) is 5.41 Å². The summed E-state index contributed by atoms with van der Waals surface area (Å²) in [5.41, 5.74) is 3.52. The minimum absolute atomic E-state index is 0. The lowest BCUT2D eigenvalue weighted by molar-refractivity contribution is 0.0811. The third-order valence-electron chi connectivity index (χ3n) is 5.48. The van der Waals surface area contributed by atoms with Gasteiger partial charge in [-0.1, -0.05) is 20.8 Å². The Bertz CT molecular complexity index is 882. The zero-order valence-corrected chi connectivity index (χ0v) is 18.7. The molecule has 1 aromatic carbocycles. The summed E-state index contributed by atoms with van der Waals surface area (Å²) in [7, 11) is 0. The lowest BCUT2D eigenvalue weighted by Crippen LogP contribution is -2.42. The van der Waals surface area contributed by atoms with Crippen LogP contribution in [0.5, 0.6) is 5.75 Å². The van der Waals surface area contributed by atoms with Gasteiger partial charge in [-0.25, -0.2) is 0 Å². The number of aromatic amines is 1. The van der Waals surface area contributed by atoms with Gasteiger partial charge in [-0.3, -0.25) is 4.79 Å². The molecule has 0 unspecified atom stereocenters. The zero-order chi connectivity index (χ0) is 19.0. The molecule has 1 fully saturated rings. The first kappa shape index (κ1) is 21.5. The van der Waals surface area contributed by atoms with Gasteiger partial charge in [0.1, 0.15) is 11.9 Å². The van der Waals surface area contributed by atoms with Crippen molar-refractivity contribution in [3.05, 3.63) is 39.7 Å². The molecule has 0 amide bonds. The number of ether oxygens (including phenoxy) is 1. The number of H-pyrrole nitrogens is 1. The Hall–Kier alpha value is -1.17. The van der Waals surface area contributed by atoms with E-state index in [1.807, 2.05) is 23.9 Å². The SMILES string of the molecule is CC(C)(C)CN1CCC(Oc2ccc3[nH]c(=O)c4c(c3c2)CCSC4)CC1.Cl. The summed E-state index contributed by atoms with van der Waals surface area (Å²) in [6, 6.07) is 6.15. The number of pyridine rings is 1. The van der Waals surface area contributed by atoms with Gasteiger partial charge in [0.15, 0.2) is 0 Å². The largest absolute Gasteiger partial charge is 0.490 e. The molecule has 154 valence electrons. The van der Waals surface area contributed by atoms with Crippen LogP contribution in [0.15, 0.2) is 23.0 Å². The second-order valence-corrected chi connectivity index (χ2v) is 10.2. The highest BCUT2D eigenvalue weighted by molar-refractivity contribution is 7.98. The lowest BCUT2D eigenvalue weighted by atomic mass is 9.94. The Balaban J connectivity index is 0.00000225. The van der Waals surface area contributed by atoms with Crippen molar-refractivity contribution in [2.24, 2.45) is 5.41 Å². The van der Waals surface area contributed by atoms with Crippen molar-refractivity contribution in [3.8, 4) is 5.75 Å². The minimum Gasteiger partial charge on any atom is -0.490 e. The number of benzene rings is 1. The molecule has 0 atom stereocenters. The van der Waals surface area contributed by atoms with E-state index in [0.29, 0.717) is 5.41 Å². The Morgan fingerprint density at radius 2 is 1.96 bits per heavy atom. The number of hydrogen-bond donors (Lipinski definition) is 1. The van der Waals surface area contributed by atoms with Crippen LogP contribution >= 0.6 is 24.2 Å². The number of thioether (sulfide) groups is 1. The maximum atomic E-state index is 12.3. The van der Waals surface area contributed by atoms with Crippen LogP contribution in [0.1, 0.15) is 44.7 Å². The van der Waals surface area contributed by atoms with Gasteiger partial charge in [-0.05, 0) is 54.2 Å². The monoisotopic (exact) mass is 422 g/mol. The summed E-state index contributed by atoms with van der Waals surface area (Å²) in [4.78, 5) is 17.9.